The van der Waals surface area contributed by atoms with E-state index in [4.69, 9.17) is 6.42 Å². The fourth-order valence-electron chi connectivity index (χ4n) is 1.14. The Balaban J connectivity index is 4.24. The van der Waals surface area contributed by atoms with Crippen LogP contribution in [0.1, 0.15) is 19.8 Å². The van der Waals surface area contributed by atoms with Crippen molar-refractivity contribution in [1.29, 1.82) is 0 Å². The number of esters is 1. The summed E-state index contributed by atoms with van der Waals surface area (Å²) in [6.07, 6.45) is 5.42. The van der Waals surface area contributed by atoms with Crippen LogP contribution in [-0.4, -0.2) is 44.6 Å². The van der Waals surface area contributed by atoms with Crippen molar-refractivity contribution in [2.45, 2.75) is 19.8 Å². The SMILES string of the molecule is C#CCN(CC)S(=O)(=O)CCCC(=O)OC. The van der Waals surface area contributed by atoms with Crippen molar-refractivity contribution in [3.05, 3.63) is 0 Å². The van der Waals surface area contributed by atoms with Crippen LogP contribution in [0.3, 0.4) is 0 Å². The summed E-state index contributed by atoms with van der Waals surface area (Å²) in [6, 6.07) is 0. The molecule has 0 amide bonds. The lowest BCUT2D eigenvalue weighted by Crippen LogP contribution is -2.33. The van der Waals surface area contributed by atoms with E-state index in [1.54, 1.807) is 6.92 Å². The van der Waals surface area contributed by atoms with Crippen LogP contribution in [0.25, 0.3) is 0 Å². The lowest BCUT2D eigenvalue weighted by Gasteiger charge is -2.17. The number of methoxy groups -OCH3 is 1. The van der Waals surface area contributed by atoms with E-state index in [2.05, 4.69) is 10.7 Å². The van der Waals surface area contributed by atoms with E-state index in [1.165, 1.54) is 11.4 Å². The van der Waals surface area contributed by atoms with Gasteiger partial charge < -0.3 is 4.74 Å². The molecule has 5 nitrogen and oxygen atoms in total. The van der Waals surface area contributed by atoms with E-state index in [-0.39, 0.29) is 25.1 Å². The maximum absolute atomic E-state index is 11.7. The molecule has 0 N–H and O–H groups in total. The highest BCUT2D eigenvalue weighted by Crippen LogP contribution is 2.04. The van der Waals surface area contributed by atoms with Crippen LogP contribution in [0.2, 0.25) is 0 Å². The summed E-state index contributed by atoms with van der Waals surface area (Å²) >= 11 is 0. The van der Waals surface area contributed by atoms with Crippen molar-refractivity contribution in [2.75, 3.05) is 26.0 Å². The smallest absolute Gasteiger partial charge is 0.305 e. The molecule has 0 rings (SSSR count). The highest BCUT2D eigenvalue weighted by molar-refractivity contribution is 7.89. The van der Waals surface area contributed by atoms with Gasteiger partial charge in [0.1, 0.15) is 0 Å². The van der Waals surface area contributed by atoms with E-state index in [9.17, 15) is 13.2 Å². The number of terminal acetylenes is 1. The molecule has 0 aliphatic heterocycles. The van der Waals surface area contributed by atoms with E-state index < -0.39 is 16.0 Å². The van der Waals surface area contributed by atoms with Gasteiger partial charge >= 0.3 is 5.97 Å². The highest BCUT2D eigenvalue weighted by atomic mass is 32.2. The Morgan fingerprint density at radius 3 is 2.56 bits per heavy atom. The molecule has 0 aromatic rings. The second-order valence-corrected chi connectivity index (χ2v) is 5.21. The molecule has 0 radical (unpaired) electrons. The van der Waals surface area contributed by atoms with Crippen LogP contribution in [-0.2, 0) is 19.6 Å². The Morgan fingerprint density at radius 2 is 2.12 bits per heavy atom. The lowest BCUT2D eigenvalue weighted by molar-refractivity contribution is -0.140. The Labute approximate surface area is 96.8 Å². The molecule has 0 heterocycles. The molecule has 0 unspecified atom stereocenters. The predicted octanol–water partition coefficient (Wildman–Crippen LogP) is 0.224. The third kappa shape index (κ3) is 5.14. The summed E-state index contributed by atoms with van der Waals surface area (Å²) < 4.78 is 29.0. The molecular formula is C10H17NO4S. The fourth-order valence-corrected chi connectivity index (χ4v) is 2.57. The van der Waals surface area contributed by atoms with Gasteiger partial charge in [-0.2, -0.15) is 4.31 Å². The molecule has 0 saturated carbocycles. The van der Waals surface area contributed by atoms with E-state index >= 15 is 0 Å². The molecular weight excluding hydrogens is 230 g/mol. The summed E-state index contributed by atoms with van der Waals surface area (Å²) in [4.78, 5) is 10.8. The molecule has 0 bridgehead atoms. The van der Waals surface area contributed by atoms with Crippen molar-refractivity contribution in [2.24, 2.45) is 0 Å². The number of carbonyl (C=O) groups is 1. The largest absolute Gasteiger partial charge is 0.469 e. The predicted molar refractivity (Wildman–Crippen MR) is 61.1 cm³/mol. The molecule has 0 saturated heterocycles. The first-order valence-corrected chi connectivity index (χ1v) is 6.57. The van der Waals surface area contributed by atoms with Gasteiger partial charge in [-0.25, -0.2) is 8.42 Å². The normalized spacial score (nSPS) is 11.1. The quantitative estimate of drug-likeness (QED) is 0.477. The van der Waals surface area contributed by atoms with Crippen molar-refractivity contribution in [1.82, 2.24) is 4.31 Å². The topological polar surface area (TPSA) is 63.7 Å². The first-order chi connectivity index (χ1) is 7.47. The third-order valence-corrected chi connectivity index (χ3v) is 4.00. The Kier molecular flexibility index (Phi) is 6.77. The monoisotopic (exact) mass is 247 g/mol. The zero-order valence-electron chi connectivity index (χ0n) is 9.60. The van der Waals surface area contributed by atoms with Crippen LogP contribution in [0.4, 0.5) is 0 Å². The van der Waals surface area contributed by atoms with Crippen LogP contribution < -0.4 is 0 Å². The number of nitrogens with zero attached hydrogens (tertiary/aromatic N) is 1. The van der Waals surface area contributed by atoms with Crippen molar-refractivity contribution >= 4 is 16.0 Å². The second kappa shape index (κ2) is 7.25. The number of ether oxygens (including phenoxy) is 1. The average Bonchev–Trinajstić information content (AvgIpc) is 2.24. The average molecular weight is 247 g/mol. The second-order valence-electron chi connectivity index (χ2n) is 3.13. The molecule has 6 heteroatoms. The Bertz CT molecular complexity index is 356. The first-order valence-electron chi connectivity index (χ1n) is 4.96. The zero-order chi connectivity index (χ0) is 12.6. The van der Waals surface area contributed by atoms with Crippen LogP contribution in [0.15, 0.2) is 0 Å². The molecule has 0 atom stereocenters. The van der Waals surface area contributed by atoms with Crippen LogP contribution >= 0.6 is 0 Å². The maximum atomic E-state index is 11.7. The number of carbonyl (C=O) groups excluding carboxylic acids is 1. The van der Waals surface area contributed by atoms with Gasteiger partial charge in [-0.1, -0.05) is 12.8 Å². The minimum absolute atomic E-state index is 0.0665. The van der Waals surface area contributed by atoms with Gasteiger partial charge in [-0.05, 0) is 6.42 Å². The summed E-state index contributed by atoms with van der Waals surface area (Å²) in [7, 11) is -2.08. The maximum Gasteiger partial charge on any atom is 0.305 e. The van der Waals surface area contributed by atoms with Gasteiger partial charge in [0.2, 0.25) is 10.0 Å². The summed E-state index contributed by atoms with van der Waals surface area (Å²) in [5.41, 5.74) is 0. The zero-order valence-corrected chi connectivity index (χ0v) is 10.4. The Morgan fingerprint density at radius 1 is 1.50 bits per heavy atom. The number of rotatable bonds is 7. The minimum Gasteiger partial charge on any atom is -0.469 e. The Hall–Kier alpha value is -1.06. The molecule has 0 aliphatic rings. The number of hydrogen-bond acceptors (Lipinski definition) is 4. The molecule has 0 aromatic heterocycles. The summed E-state index contributed by atoms with van der Waals surface area (Å²) in [5.74, 6) is 1.80. The van der Waals surface area contributed by atoms with Gasteiger partial charge in [0.15, 0.2) is 0 Å². The highest BCUT2D eigenvalue weighted by Gasteiger charge is 2.19. The fraction of sp³-hybridized carbons (Fsp3) is 0.700. The van der Waals surface area contributed by atoms with Gasteiger partial charge in [0, 0.05) is 13.0 Å². The summed E-state index contributed by atoms with van der Waals surface area (Å²) in [6.45, 7) is 2.12. The van der Waals surface area contributed by atoms with Crippen LogP contribution in [0, 0.1) is 12.3 Å². The minimum atomic E-state index is -3.36. The van der Waals surface area contributed by atoms with Gasteiger partial charge in [-0.3, -0.25) is 4.79 Å². The van der Waals surface area contributed by atoms with E-state index in [0.717, 1.165) is 0 Å². The lowest BCUT2D eigenvalue weighted by atomic mass is 10.3. The van der Waals surface area contributed by atoms with Gasteiger partial charge in [0.05, 0.1) is 19.4 Å². The standard InChI is InChI=1S/C10H17NO4S/c1-4-8-11(5-2)16(13,14)9-6-7-10(12)15-3/h1H,5-9H2,2-3H3. The van der Waals surface area contributed by atoms with Crippen molar-refractivity contribution in [3.8, 4) is 12.3 Å². The number of sulfonamides is 1. The van der Waals surface area contributed by atoms with Crippen molar-refractivity contribution in [3.63, 3.8) is 0 Å². The summed E-state index contributed by atoms with van der Waals surface area (Å²) in [5, 5.41) is 0. The van der Waals surface area contributed by atoms with Crippen LogP contribution in [0.5, 0.6) is 0 Å². The molecule has 92 valence electrons. The molecule has 16 heavy (non-hydrogen) atoms. The molecule has 0 aliphatic carbocycles. The molecule has 0 spiro atoms. The van der Waals surface area contributed by atoms with Crippen molar-refractivity contribution < 1.29 is 17.9 Å². The van der Waals surface area contributed by atoms with E-state index in [0.29, 0.717) is 6.54 Å². The number of hydrogen-bond donors (Lipinski definition) is 0. The molecule has 0 fully saturated rings. The van der Waals surface area contributed by atoms with Gasteiger partial charge in [0.25, 0.3) is 0 Å². The van der Waals surface area contributed by atoms with Gasteiger partial charge in [-0.15, -0.1) is 6.42 Å². The first kappa shape index (κ1) is 14.9. The molecule has 0 aromatic carbocycles. The third-order valence-electron chi connectivity index (χ3n) is 2.02. The van der Waals surface area contributed by atoms with E-state index in [1.807, 2.05) is 0 Å².